The van der Waals surface area contributed by atoms with Gasteiger partial charge in [-0.3, -0.25) is 0 Å². The van der Waals surface area contributed by atoms with E-state index >= 15 is 0 Å². The highest BCUT2D eigenvalue weighted by Crippen LogP contribution is 2.33. The Morgan fingerprint density at radius 1 is 1.29 bits per heavy atom. The smallest absolute Gasteiger partial charge is 0.126 e. The van der Waals surface area contributed by atoms with Gasteiger partial charge in [-0.05, 0) is 25.0 Å². The fourth-order valence-electron chi connectivity index (χ4n) is 1.97. The van der Waals surface area contributed by atoms with E-state index in [1.165, 1.54) is 0 Å². The average Bonchev–Trinajstić information content (AvgIpc) is 2.35. The Bertz CT molecular complexity index is 353. The van der Waals surface area contributed by atoms with Crippen LogP contribution in [0.5, 0.6) is 11.5 Å². The molecule has 0 fully saturated rings. The van der Waals surface area contributed by atoms with Crippen molar-refractivity contribution in [2.45, 2.75) is 25.3 Å². The minimum Gasteiger partial charge on any atom is -0.497 e. The van der Waals surface area contributed by atoms with Gasteiger partial charge < -0.3 is 20.3 Å². The van der Waals surface area contributed by atoms with E-state index in [0.717, 1.165) is 17.1 Å². The Balaban J connectivity index is 3.09. The van der Waals surface area contributed by atoms with Gasteiger partial charge >= 0.3 is 0 Å². The van der Waals surface area contributed by atoms with Gasteiger partial charge in [-0.15, -0.1) is 0 Å². The predicted molar refractivity (Wildman–Crippen MR) is 67.6 cm³/mol. The lowest BCUT2D eigenvalue weighted by Crippen LogP contribution is -2.26. The first-order valence-corrected chi connectivity index (χ1v) is 5.72. The lowest BCUT2D eigenvalue weighted by Gasteiger charge is -2.22. The van der Waals surface area contributed by atoms with E-state index in [9.17, 15) is 0 Å². The quantitative estimate of drug-likeness (QED) is 0.790. The summed E-state index contributed by atoms with van der Waals surface area (Å²) in [6, 6.07) is 5.62. The molecule has 0 bridgehead atoms. The molecule has 1 aromatic carbocycles. The van der Waals surface area contributed by atoms with E-state index in [4.69, 9.17) is 20.3 Å². The molecule has 0 heterocycles. The van der Waals surface area contributed by atoms with E-state index in [1.807, 2.05) is 25.1 Å². The molecule has 0 aromatic heterocycles. The topological polar surface area (TPSA) is 64.7 Å². The van der Waals surface area contributed by atoms with Crippen LogP contribution < -0.4 is 15.2 Å². The molecule has 4 nitrogen and oxygen atoms in total. The van der Waals surface area contributed by atoms with Crippen LogP contribution in [0.2, 0.25) is 0 Å². The molecule has 0 aliphatic rings. The third kappa shape index (κ3) is 3.35. The maximum atomic E-state index is 9.09. The van der Waals surface area contributed by atoms with Crippen LogP contribution >= 0.6 is 0 Å². The second-order valence-electron chi connectivity index (χ2n) is 4.09. The first-order valence-electron chi connectivity index (χ1n) is 5.72. The van der Waals surface area contributed by atoms with Crippen molar-refractivity contribution in [1.82, 2.24) is 0 Å². The van der Waals surface area contributed by atoms with E-state index < -0.39 is 0 Å². The first-order chi connectivity index (χ1) is 8.13. The molecule has 0 saturated heterocycles. The summed E-state index contributed by atoms with van der Waals surface area (Å²) in [6.45, 7) is 2.05. The van der Waals surface area contributed by atoms with E-state index in [1.54, 1.807) is 14.2 Å². The molecule has 0 amide bonds. The summed E-state index contributed by atoms with van der Waals surface area (Å²) in [7, 11) is 3.24. The summed E-state index contributed by atoms with van der Waals surface area (Å²) < 4.78 is 10.5. The maximum absolute atomic E-state index is 9.09. The SMILES string of the molecule is COc1ccc(C(CCO)C(C)N)c(OC)c1. The van der Waals surface area contributed by atoms with Gasteiger partial charge in [0.2, 0.25) is 0 Å². The molecular formula is C13H21NO3. The van der Waals surface area contributed by atoms with Gasteiger partial charge in [-0.25, -0.2) is 0 Å². The van der Waals surface area contributed by atoms with Gasteiger partial charge in [-0.1, -0.05) is 6.07 Å². The Labute approximate surface area is 102 Å². The number of aliphatic hydroxyl groups is 1. The zero-order valence-corrected chi connectivity index (χ0v) is 10.6. The van der Waals surface area contributed by atoms with Gasteiger partial charge in [0.25, 0.3) is 0 Å². The van der Waals surface area contributed by atoms with Crippen LogP contribution in [0.25, 0.3) is 0 Å². The zero-order chi connectivity index (χ0) is 12.8. The number of ether oxygens (including phenoxy) is 2. The standard InChI is InChI=1S/C13H21NO3/c1-9(14)11(6-7-15)12-5-4-10(16-2)8-13(12)17-3/h4-5,8-9,11,15H,6-7,14H2,1-3H3. The number of methoxy groups -OCH3 is 2. The summed E-state index contributed by atoms with van der Waals surface area (Å²) in [5.74, 6) is 1.58. The van der Waals surface area contributed by atoms with E-state index in [-0.39, 0.29) is 18.6 Å². The van der Waals surface area contributed by atoms with Crippen molar-refractivity contribution in [2.24, 2.45) is 5.73 Å². The summed E-state index contributed by atoms with van der Waals surface area (Å²) in [4.78, 5) is 0. The van der Waals surface area contributed by atoms with Crippen LogP contribution in [0.4, 0.5) is 0 Å². The van der Waals surface area contributed by atoms with Gasteiger partial charge in [0.1, 0.15) is 11.5 Å². The van der Waals surface area contributed by atoms with Crippen LogP contribution in [-0.4, -0.2) is 32.0 Å². The van der Waals surface area contributed by atoms with Crippen molar-refractivity contribution in [3.8, 4) is 11.5 Å². The second-order valence-corrected chi connectivity index (χ2v) is 4.09. The molecule has 17 heavy (non-hydrogen) atoms. The lowest BCUT2D eigenvalue weighted by molar-refractivity contribution is 0.267. The highest BCUT2D eigenvalue weighted by molar-refractivity contribution is 5.43. The van der Waals surface area contributed by atoms with Crippen molar-refractivity contribution in [3.63, 3.8) is 0 Å². The molecule has 96 valence electrons. The van der Waals surface area contributed by atoms with Crippen LogP contribution in [-0.2, 0) is 0 Å². The van der Waals surface area contributed by atoms with Gasteiger partial charge in [-0.2, -0.15) is 0 Å². The number of hydrogen-bond acceptors (Lipinski definition) is 4. The fraction of sp³-hybridized carbons (Fsp3) is 0.538. The third-order valence-corrected chi connectivity index (χ3v) is 2.91. The highest BCUT2D eigenvalue weighted by atomic mass is 16.5. The molecule has 1 rings (SSSR count). The minimum absolute atomic E-state index is 0.0376. The summed E-state index contributed by atoms with van der Waals surface area (Å²) >= 11 is 0. The summed E-state index contributed by atoms with van der Waals surface area (Å²) in [5.41, 5.74) is 6.96. The monoisotopic (exact) mass is 239 g/mol. The van der Waals surface area contributed by atoms with Crippen molar-refractivity contribution < 1.29 is 14.6 Å². The van der Waals surface area contributed by atoms with Crippen molar-refractivity contribution in [2.75, 3.05) is 20.8 Å². The molecule has 1 aromatic rings. The number of aliphatic hydroxyl groups excluding tert-OH is 1. The zero-order valence-electron chi connectivity index (χ0n) is 10.6. The van der Waals surface area contributed by atoms with Gasteiger partial charge in [0, 0.05) is 24.6 Å². The molecular weight excluding hydrogens is 218 g/mol. The number of rotatable bonds is 6. The predicted octanol–water partition coefficient (Wildman–Crippen LogP) is 1.52. The van der Waals surface area contributed by atoms with Crippen molar-refractivity contribution >= 4 is 0 Å². The van der Waals surface area contributed by atoms with E-state index in [2.05, 4.69) is 0 Å². The average molecular weight is 239 g/mol. The molecule has 2 unspecified atom stereocenters. The Morgan fingerprint density at radius 3 is 2.47 bits per heavy atom. The van der Waals surface area contributed by atoms with E-state index in [0.29, 0.717) is 6.42 Å². The Morgan fingerprint density at radius 2 is 2.00 bits per heavy atom. The highest BCUT2D eigenvalue weighted by Gasteiger charge is 2.20. The lowest BCUT2D eigenvalue weighted by atomic mass is 9.89. The molecule has 0 radical (unpaired) electrons. The summed E-state index contributed by atoms with van der Waals surface area (Å²) in [5, 5.41) is 9.09. The third-order valence-electron chi connectivity index (χ3n) is 2.91. The van der Waals surface area contributed by atoms with Crippen LogP contribution in [0.15, 0.2) is 18.2 Å². The minimum atomic E-state index is -0.0376. The molecule has 0 spiro atoms. The normalized spacial score (nSPS) is 14.2. The molecule has 2 atom stereocenters. The Kier molecular flexibility index (Phi) is 5.25. The van der Waals surface area contributed by atoms with Gasteiger partial charge in [0.05, 0.1) is 14.2 Å². The van der Waals surface area contributed by atoms with Crippen LogP contribution in [0.1, 0.15) is 24.8 Å². The molecule has 0 aliphatic heterocycles. The number of benzene rings is 1. The first kappa shape index (κ1) is 13.8. The number of nitrogens with two attached hydrogens (primary N) is 1. The van der Waals surface area contributed by atoms with Crippen molar-refractivity contribution in [1.29, 1.82) is 0 Å². The fourth-order valence-corrected chi connectivity index (χ4v) is 1.97. The Hall–Kier alpha value is -1.26. The number of hydrogen-bond donors (Lipinski definition) is 2. The largest absolute Gasteiger partial charge is 0.497 e. The maximum Gasteiger partial charge on any atom is 0.126 e. The molecule has 4 heteroatoms. The summed E-state index contributed by atoms with van der Waals surface area (Å²) in [6.07, 6.45) is 0.625. The van der Waals surface area contributed by atoms with Crippen LogP contribution in [0, 0.1) is 0 Å². The molecule has 0 saturated carbocycles. The second kappa shape index (κ2) is 6.47. The van der Waals surface area contributed by atoms with Crippen molar-refractivity contribution in [3.05, 3.63) is 23.8 Å². The molecule has 3 N–H and O–H groups in total. The van der Waals surface area contributed by atoms with Crippen LogP contribution in [0.3, 0.4) is 0 Å². The molecule has 0 aliphatic carbocycles. The van der Waals surface area contributed by atoms with Gasteiger partial charge in [0.15, 0.2) is 0 Å².